The van der Waals surface area contributed by atoms with Crippen molar-refractivity contribution >= 4 is 34.6 Å². The number of fused-ring (bicyclic) bond motifs is 1. The van der Waals surface area contributed by atoms with Gasteiger partial charge in [-0.25, -0.2) is 14.3 Å². The number of imide groups is 1. The van der Waals surface area contributed by atoms with E-state index in [9.17, 15) is 22.8 Å². The third kappa shape index (κ3) is 8.30. The Morgan fingerprint density at radius 1 is 0.896 bits per heavy atom. The van der Waals surface area contributed by atoms with Gasteiger partial charge in [0.25, 0.3) is 0 Å². The largest absolute Gasteiger partial charge is 0.443 e. The van der Waals surface area contributed by atoms with Crippen molar-refractivity contribution in [1.82, 2.24) is 19.2 Å². The number of alkyl halides is 3. The average Bonchev–Trinajstić information content (AvgIpc) is 3.54. The van der Waals surface area contributed by atoms with Crippen LogP contribution in [0.3, 0.4) is 0 Å². The molecule has 48 heavy (non-hydrogen) atoms. The maximum absolute atomic E-state index is 14.2. The number of para-hydroxylation sites is 1. The lowest BCUT2D eigenvalue weighted by molar-refractivity contribution is -0.139. The molecule has 0 saturated carbocycles. The third-order valence-corrected chi connectivity index (χ3v) is 7.70. The summed E-state index contributed by atoms with van der Waals surface area (Å²) in [4.78, 5) is 30.3. The second-order valence-corrected chi connectivity index (χ2v) is 14.1. The van der Waals surface area contributed by atoms with Crippen molar-refractivity contribution in [2.24, 2.45) is 0 Å². The van der Waals surface area contributed by atoms with Gasteiger partial charge >= 0.3 is 18.4 Å². The molecule has 2 amide bonds. The van der Waals surface area contributed by atoms with Crippen LogP contribution in [0.25, 0.3) is 28.0 Å². The number of benzene rings is 2. The van der Waals surface area contributed by atoms with E-state index in [1.165, 1.54) is 15.3 Å². The van der Waals surface area contributed by atoms with Crippen molar-refractivity contribution in [1.29, 1.82) is 0 Å². The minimum Gasteiger partial charge on any atom is -0.443 e. The predicted octanol–water partition coefficient (Wildman–Crippen LogP) is 8.24. The quantitative estimate of drug-likeness (QED) is 0.221. The number of rotatable bonds is 6. The summed E-state index contributed by atoms with van der Waals surface area (Å²) in [7, 11) is 2.07. The Labute approximate surface area is 278 Å². The lowest BCUT2D eigenvalue weighted by Gasteiger charge is -2.30. The van der Waals surface area contributed by atoms with Gasteiger partial charge in [0.2, 0.25) is 0 Å². The minimum absolute atomic E-state index is 0.0619. The number of ether oxygens (including phenoxy) is 2. The first-order valence-corrected chi connectivity index (χ1v) is 15.9. The van der Waals surface area contributed by atoms with Gasteiger partial charge in [0.15, 0.2) is 5.82 Å². The highest BCUT2D eigenvalue weighted by Crippen LogP contribution is 2.37. The molecule has 4 aromatic rings. The lowest BCUT2D eigenvalue weighted by atomic mass is 10.0. The Balaban J connectivity index is 1.70. The normalized spacial score (nSPS) is 15.0. The van der Waals surface area contributed by atoms with Gasteiger partial charge in [-0.05, 0) is 105 Å². The van der Waals surface area contributed by atoms with Gasteiger partial charge < -0.3 is 24.3 Å². The molecule has 3 heterocycles. The van der Waals surface area contributed by atoms with Gasteiger partial charge in [-0.2, -0.15) is 23.2 Å². The summed E-state index contributed by atoms with van der Waals surface area (Å²) in [5.74, 6) is -0.0619. The number of carbonyl (C=O) groups is 2. The summed E-state index contributed by atoms with van der Waals surface area (Å²) in [5.41, 5.74) is -0.148. The molecule has 5 rings (SSSR count). The SMILES string of the molecule is CN1CCC(Nc2cccc3c2cc(-c2cc(N(C(=O)OC(C)(C)C)C(=O)OC(C)(C)C)n(-c4ccccc4)n2)n3CC(F)(F)F)CC1. The summed E-state index contributed by atoms with van der Waals surface area (Å²) in [6.45, 7) is 10.5. The smallest absolute Gasteiger partial charge is 0.425 e. The lowest BCUT2D eigenvalue weighted by Crippen LogP contribution is -2.44. The highest BCUT2D eigenvalue weighted by atomic mass is 19.4. The van der Waals surface area contributed by atoms with Crippen molar-refractivity contribution in [3.05, 3.63) is 60.7 Å². The molecule has 0 spiro atoms. The van der Waals surface area contributed by atoms with Crippen molar-refractivity contribution in [3.8, 4) is 17.1 Å². The van der Waals surface area contributed by atoms with Crippen molar-refractivity contribution in [3.63, 3.8) is 0 Å². The maximum atomic E-state index is 14.2. The van der Waals surface area contributed by atoms with Crippen LogP contribution >= 0.6 is 0 Å². The van der Waals surface area contributed by atoms with Crippen LogP contribution in [0.5, 0.6) is 0 Å². The first-order chi connectivity index (χ1) is 22.4. The van der Waals surface area contributed by atoms with Crippen LogP contribution in [0.1, 0.15) is 54.4 Å². The maximum Gasteiger partial charge on any atom is 0.425 e. The molecule has 1 saturated heterocycles. The molecule has 2 aromatic carbocycles. The second kappa shape index (κ2) is 13.2. The molecule has 10 nitrogen and oxygen atoms in total. The molecule has 1 N–H and O–H groups in total. The molecular weight excluding hydrogens is 625 g/mol. The Bertz CT molecular complexity index is 1730. The van der Waals surface area contributed by atoms with Crippen LogP contribution in [0, 0.1) is 0 Å². The number of piperidine rings is 1. The standard InChI is InChI=1S/C35H43F3N6O4/c1-33(2,3)47-31(45)43(32(46)48-34(4,5)6)30-21-27(40-44(30)24-12-9-8-10-13-24)29-20-25-26(39-23-16-18-41(7)19-17-23)14-11-15-28(25)42(29)22-35(36,37)38/h8-15,20-21,23,39H,16-19,22H2,1-7H3. The number of aromatic nitrogens is 3. The second-order valence-electron chi connectivity index (χ2n) is 14.1. The Hall–Kier alpha value is -4.52. The number of nitrogens with zero attached hydrogens (tertiary/aromatic N) is 5. The Morgan fingerprint density at radius 2 is 1.50 bits per heavy atom. The van der Waals surface area contributed by atoms with Crippen molar-refractivity contribution in [2.75, 3.05) is 30.4 Å². The predicted molar refractivity (Wildman–Crippen MR) is 180 cm³/mol. The van der Waals surface area contributed by atoms with E-state index in [1.807, 2.05) is 6.07 Å². The van der Waals surface area contributed by atoms with E-state index >= 15 is 0 Å². The molecule has 0 atom stereocenters. The van der Waals surface area contributed by atoms with Gasteiger partial charge in [-0.3, -0.25) is 0 Å². The van der Waals surface area contributed by atoms with Crippen LogP contribution < -0.4 is 10.2 Å². The van der Waals surface area contributed by atoms with E-state index in [-0.39, 0.29) is 23.2 Å². The average molecular weight is 669 g/mol. The molecule has 0 bridgehead atoms. The molecule has 1 fully saturated rings. The number of halogens is 3. The highest BCUT2D eigenvalue weighted by molar-refractivity contribution is 6.09. The van der Waals surface area contributed by atoms with Gasteiger partial charge in [-0.15, -0.1) is 0 Å². The molecule has 0 unspecified atom stereocenters. The summed E-state index contributed by atoms with van der Waals surface area (Å²) in [5, 5.41) is 8.87. The first-order valence-electron chi connectivity index (χ1n) is 15.9. The van der Waals surface area contributed by atoms with E-state index in [1.54, 1.807) is 90.1 Å². The van der Waals surface area contributed by atoms with Crippen LogP contribution in [0.15, 0.2) is 60.7 Å². The van der Waals surface area contributed by atoms with Crippen molar-refractivity contribution < 1.29 is 32.2 Å². The van der Waals surface area contributed by atoms with Gasteiger partial charge in [0.1, 0.15) is 23.4 Å². The third-order valence-electron chi connectivity index (χ3n) is 7.70. The number of likely N-dealkylation sites (tertiary alicyclic amines) is 1. The van der Waals surface area contributed by atoms with Gasteiger partial charge in [-0.1, -0.05) is 24.3 Å². The number of nitrogens with one attached hydrogen (secondary N) is 1. The number of amides is 2. The molecule has 1 aliphatic heterocycles. The summed E-state index contributed by atoms with van der Waals surface area (Å²) >= 11 is 0. The Kier molecular flexibility index (Phi) is 9.55. The van der Waals surface area contributed by atoms with Crippen LogP contribution in [0.2, 0.25) is 0 Å². The number of hydrogen-bond acceptors (Lipinski definition) is 7. The molecule has 0 aliphatic carbocycles. The first kappa shape index (κ1) is 34.8. The summed E-state index contributed by atoms with van der Waals surface area (Å²) in [6, 6.07) is 17.2. The number of hydrogen-bond donors (Lipinski definition) is 1. The van der Waals surface area contributed by atoms with Gasteiger partial charge in [0, 0.05) is 23.2 Å². The number of carbonyl (C=O) groups excluding carboxylic acids is 2. The van der Waals surface area contributed by atoms with E-state index in [2.05, 4.69) is 17.3 Å². The zero-order valence-electron chi connectivity index (χ0n) is 28.4. The van der Waals surface area contributed by atoms with E-state index in [0.29, 0.717) is 16.6 Å². The molecular formula is C35H43F3N6O4. The fraction of sp³-hybridized carbons (Fsp3) is 0.457. The fourth-order valence-corrected chi connectivity index (χ4v) is 5.64. The Morgan fingerprint density at radius 3 is 2.06 bits per heavy atom. The van der Waals surface area contributed by atoms with E-state index in [4.69, 9.17) is 14.6 Å². The van der Waals surface area contributed by atoms with Crippen LogP contribution in [-0.4, -0.2) is 75.0 Å². The van der Waals surface area contributed by atoms with Crippen LogP contribution in [-0.2, 0) is 16.0 Å². The topological polar surface area (TPSA) is 93.9 Å². The molecule has 258 valence electrons. The molecule has 13 heteroatoms. The highest BCUT2D eigenvalue weighted by Gasteiger charge is 2.37. The van der Waals surface area contributed by atoms with E-state index in [0.717, 1.165) is 36.5 Å². The summed E-state index contributed by atoms with van der Waals surface area (Å²) in [6.07, 6.45) is -4.80. The molecule has 2 aromatic heterocycles. The monoisotopic (exact) mass is 668 g/mol. The minimum atomic E-state index is -4.55. The molecule has 1 aliphatic rings. The molecule has 0 radical (unpaired) electrons. The summed E-state index contributed by atoms with van der Waals surface area (Å²) < 4.78 is 56.2. The fourth-order valence-electron chi connectivity index (χ4n) is 5.64. The van der Waals surface area contributed by atoms with Gasteiger partial charge in [0.05, 0.1) is 16.9 Å². The number of anilines is 2. The van der Waals surface area contributed by atoms with Crippen LogP contribution in [0.4, 0.5) is 34.3 Å². The van der Waals surface area contributed by atoms with E-state index < -0.39 is 36.1 Å². The zero-order valence-corrected chi connectivity index (χ0v) is 28.4. The van der Waals surface area contributed by atoms with Crippen molar-refractivity contribution in [2.45, 2.75) is 84.3 Å². The zero-order chi connectivity index (χ0) is 35.0.